The smallest absolute Gasteiger partial charge is 0.417 e. The number of β-amino-alcohol motifs (C(OH)–C–C–N with tert-alkyl or cyclic N) is 1. The van der Waals surface area contributed by atoms with Gasteiger partial charge in [-0.1, -0.05) is 24.3 Å². The summed E-state index contributed by atoms with van der Waals surface area (Å²) in [6.45, 7) is 2.75. The molecule has 19 nitrogen and oxygen atoms in total. The van der Waals surface area contributed by atoms with Crippen LogP contribution in [0.25, 0.3) is 10.4 Å². The van der Waals surface area contributed by atoms with E-state index in [2.05, 4.69) is 15.6 Å². The molecule has 0 bridgehead atoms. The lowest BCUT2D eigenvalue weighted by molar-refractivity contribution is -0.143. The first kappa shape index (κ1) is 53.9. The van der Waals surface area contributed by atoms with E-state index in [9.17, 15) is 57.1 Å². The molecule has 2 atom stereocenters. The van der Waals surface area contributed by atoms with Crippen LogP contribution >= 0.6 is 23.6 Å². The number of carbonyl (C=O) groups excluding carboxylic acids is 7. The van der Waals surface area contributed by atoms with Gasteiger partial charge in [0.25, 0.3) is 11.8 Å². The van der Waals surface area contributed by atoms with Crippen molar-refractivity contribution in [3.8, 4) is 22.3 Å². The van der Waals surface area contributed by atoms with E-state index < -0.39 is 109 Å². The van der Waals surface area contributed by atoms with Gasteiger partial charge in [0.2, 0.25) is 29.5 Å². The maximum absolute atomic E-state index is 13.7. The number of rotatable bonds is 17. The molecule has 380 valence electrons. The Balaban J connectivity index is 0.914. The molecule has 6 rings (SSSR count). The number of aromatic nitrogens is 1. The predicted octanol–water partition coefficient (Wildman–Crippen LogP) is 3.07. The zero-order chi connectivity index (χ0) is 52.8. The average Bonchev–Trinajstić information content (AvgIpc) is 4.01. The fourth-order valence-electron chi connectivity index (χ4n) is 7.86. The van der Waals surface area contributed by atoms with Crippen molar-refractivity contribution in [2.75, 3.05) is 70.3 Å². The molecule has 0 aliphatic carbocycles. The zero-order valence-electron chi connectivity index (χ0n) is 40.0. The summed E-state index contributed by atoms with van der Waals surface area (Å²) < 4.78 is 46.8. The third-order valence-corrected chi connectivity index (χ3v) is 13.3. The number of ether oxygens (including phenoxy) is 1. The maximum Gasteiger partial charge on any atom is 0.417 e. The van der Waals surface area contributed by atoms with Crippen molar-refractivity contribution in [3.05, 3.63) is 94.6 Å². The first-order valence-corrected chi connectivity index (χ1v) is 23.5. The molecule has 2 aliphatic rings. The summed E-state index contributed by atoms with van der Waals surface area (Å²) in [7, 11) is 4.02. The number of likely N-dealkylation sites (N-methyl/N-ethyl adjacent to an activating group) is 3. The quantitative estimate of drug-likeness (QED) is 0.129. The monoisotopic (exact) mass is 1030 g/mol. The number of nitriles is 1. The fraction of sp³-hybridized carbons (Fsp3) is 0.375. The van der Waals surface area contributed by atoms with Gasteiger partial charge in [0.15, 0.2) is 11.7 Å². The Morgan fingerprint density at radius 2 is 1.53 bits per heavy atom. The van der Waals surface area contributed by atoms with E-state index in [1.54, 1.807) is 19.4 Å². The second kappa shape index (κ2) is 22.3. The molecule has 0 saturated carbocycles. The SMILES string of the molecule is Cc1ncsc1-c1ccc(CNC(=O)[C@@H]2C[C@@H](O)CN2C(=O)CNC(=O)CN(C)C(=O)CN(C)C(=O)CN(C)C(=O)COc2ccc(N3C(=S)N(c4ccc(C#N)c(C(F)(F)F)c4)C(=O)C3(C)C)cc2)cc1. The highest BCUT2D eigenvalue weighted by atomic mass is 32.1. The van der Waals surface area contributed by atoms with Crippen LogP contribution in [-0.4, -0.2) is 154 Å². The number of benzene rings is 3. The van der Waals surface area contributed by atoms with Crippen molar-refractivity contribution < 1.29 is 56.6 Å². The number of aryl methyl sites for hydroxylation is 1. The largest absolute Gasteiger partial charge is 0.484 e. The number of hydrogen-bond acceptors (Lipinski definition) is 13. The summed E-state index contributed by atoms with van der Waals surface area (Å²) in [6.07, 6.45) is -5.79. The van der Waals surface area contributed by atoms with Crippen molar-refractivity contribution in [1.29, 1.82) is 5.26 Å². The van der Waals surface area contributed by atoms with Crippen LogP contribution in [0, 0.1) is 18.3 Å². The topological polar surface area (TPSA) is 229 Å². The van der Waals surface area contributed by atoms with Crippen LogP contribution in [0.4, 0.5) is 24.5 Å². The molecule has 7 amide bonds. The molecule has 4 aromatic rings. The van der Waals surface area contributed by atoms with Gasteiger partial charge in [0, 0.05) is 46.3 Å². The van der Waals surface area contributed by atoms with E-state index in [1.165, 1.54) is 78.7 Å². The number of carbonyl (C=O) groups is 7. The Hall–Kier alpha value is -7.49. The number of nitrogens with one attached hydrogen (secondary N) is 2. The molecule has 2 saturated heterocycles. The number of aliphatic hydroxyl groups is 1. The molecule has 3 N–H and O–H groups in total. The van der Waals surface area contributed by atoms with E-state index in [1.807, 2.05) is 31.2 Å². The average molecular weight is 1030 g/mol. The van der Waals surface area contributed by atoms with Gasteiger partial charge in [-0.3, -0.25) is 38.5 Å². The molecule has 0 radical (unpaired) electrons. The second-order valence-electron chi connectivity index (χ2n) is 17.6. The minimum atomic E-state index is -4.86. The van der Waals surface area contributed by atoms with Gasteiger partial charge in [-0.25, -0.2) is 4.98 Å². The number of likely N-dealkylation sites (tertiary alicyclic amines) is 1. The lowest BCUT2D eigenvalue weighted by Gasteiger charge is -2.29. The fourth-order valence-corrected chi connectivity index (χ4v) is 9.20. The van der Waals surface area contributed by atoms with Gasteiger partial charge >= 0.3 is 6.18 Å². The van der Waals surface area contributed by atoms with Crippen molar-refractivity contribution in [2.24, 2.45) is 0 Å². The molecule has 2 aliphatic heterocycles. The highest BCUT2D eigenvalue weighted by Gasteiger charge is 2.51. The first-order chi connectivity index (χ1) is 33.9. The highest BCUT2D eigenvalue weighted by molar-refractivity contribution is 7.81. The molecular formula is C48H51F3N10O9S2. The standard InChI is InChI=1S/C48H51F3N10O9S2/c1-28-43(72-27-55-28)30-9-7-29(8-10-30)20-54-44(68)37-18-34(62)22-59(37)39(64)21-53-38(63)23-56(4)40(65)24-57(5)41(66)25-58(6)42(67)26-70-35-15-13-32(14-16-35)61-46(71)60(45(69)47(61,2)3)33-12-11-31(19-52)36(17-33)48(49,50)51/h7-17,27,34,37,62H,18,20-26H2,1-6H3,(H,53,63)(H,54,68)/t34-,37+/m1/s1. The molecular weight excluding hydrogens is 982 g/mol. The predicted molar refractivity (Wildman–Crippen MR) is 261 cm³/mol. The Morgan fingerprint density at radius 3 is 2.12 bits per heavy atom. The molecule has 0 unspecified atom stereocenters. The minimum absolute atomic E-state index is 0.0153. The normalized spacial score (nSPS) is 16.3. The summed E-state index contributed by atoms with van der Waals surface area (Å²) in [5.74, 6) is -3.99. The zero-order valence-corrected chi connectivity index (χ0v) is 41.6. The molecule has 24 heteroatoms. The number of amides is 7. The van der Waals surface area contributed by atoms with Gasteiger partial charge in [-0.2, -0.15) is 18.4 Å². The number of thiocarbonyl (C=S) groups is 1. The third kappa shape index (κ3) is 12.3. The second-order valence-corrected chi connectivity index (χ2v) is 18.8. The first-order valence-electron chi connectivity index (χ1n) is 22.2. The number of anilines is 2. The van der Waals surface area contributed by atoms with Gasteiger partial charge in [-0.05, 0) is 86.6 Å². The summed E-state index contributed by atoms with van der Waals surface area (Å²) >= 11 is 7.11. The van der Waals surface area contributed by atoms with Crippen LogP contribution < -0.4 is 25.2 Å². The van der Waals surface area contributed by atoms with Gasteiger partial charge in [0.05, 0.1) is 71.2 Å². The van der Waals surface area contributed by atoms with Crippen LogP contribution in [0.2, 0.25) is 0 Å². The number of hydrogen-bond donors (Lipinski definition) is 3. The van der Waals surface area contributed by atoms with Crippen LogP contribution in [0.1, 0.15) is 42.7 Å². The molecule has 3 heterocycles. The summed E-state index contributed by atoms with van der Waals surface area (Å²) in [6, 6.07) is 17.1. The van der Waals surface area contributed by atoms with E-state index >= 15 is 0 Å². The molecule has 72 heavy (non-hydrogen) atoms. The minimum Gasteiger partial charge on any atom is -0.484 e. The van der Waals surface area contributed by atoms with Gasteiger partial charge in [0.1, 0.15) is 17.3 Å². The number of thiazole rings is 1. The summed E-state index contributed by atoms with van der Waals surface area (Å²) in [5, 5.41) is 24.7. The number of aliphatic hydroxyl groups excluding tert-OH is 1. The molecule has 1 aromatic heterocycles. The number of nitrogens with zero attached hydrogens (tertiary/aromatic N) is 8. The molecule has 0 spiro atoms. The highest BCUT2D eigenvalue weighted by Crippen LogP contribution is 2.40. The van der Waals surface area contributed by atoms with Crippen LogP contribution in [0.5, 0.6) is 5.75 Å². The summed E-state index contributed by atoms with van der Waals surface area (Å²) in [4.78, 5) is 104. The Bertz CT molecular complexity index is 2800. The van der Waals surface area contributed by atoms with E-state index in [0.717, 1.165) is 47.4 Å². The summed E-state index contributed by atoms with van der Waals surface area (Å²) in [5.41, 5.74) is 1.58. The Labute approximate surface area is 421 Å². The Kier molecular flexibility index (Phi) is 16.7. The lowest BCUT2D eigenvalue weighted by atomic mass is 10.0. The van der Waals surface area contributed by atoms with Crippen molar-refractivity contribution >= 4 is 81.4 Å². The van der Waals surface area contributed by atoms with Crippen LogP contribution in [-0.2, 0) is 46.3 Å². The Morgan fingerprint density at radius 1 is 0.917 bits per heavy atom. The third-order valence-electron chi connectivity index (χ3n) is 12.0. The number of alkyl halides is 3. The van der Waals surface area contributed by atoms with Crippen molar-refractivity contribution in [1.82, 2.24) is 35.2 Å². The van der Waals surface area contributed by atoms with Crippen molar-refractivity contribution in [2.45, 2.75) is 57.6 Å². The van der Waals surface area contributed by atoms with Crippen molar-refractivity contribution in [3.63, 3.8) is 0 Å². The lowest BCUT2D eigenvalue weighted by Crippen LogP contribution is -2.50. The maximum atomic E-state index is 13.7. The van der Waals surface area contributed by atoms with Gasteiger partial charge in [-0.15, -0.1) is 11.3 Å². The number of halogens is 3. The van der Waals surface area contributed by atoms with E-state index in [4.69, 9.17) is 17.0 Å². The van der Waals surface area contributed by atoms with Crippen LogP contribution in [0.3, 0.4) is 0 Å². The van der Waals surface area contributed by atoms with E-state index in [0.29, 0.717) is 11.8 Å². The molecule has 2 fully saturated rings. The van der Waals surface area contributed by atoms with Gasteiger partial charge < -0.3 is 45.0 Å². The van der Waals surface area contributed by atoms with Crippen LogP contribution in [0.15, 0.2) is 72.2 Å². The molecule has 3 aromatic carbocycles. The van der Waals surface area contributed by atoms with E-state index in [-0.39, 0.29) is 36.1 Å².